The highest BCUT2D eigenvalue weighted by molar-refractivity contribution is 5.85. The lowest BCUT2D eigenvalue weighted by Gasteiger charge is -2.48. The van der Waals surface area contributed by atoms with E-state index in [0.717, 1.165) is 0 Å². The summed E-state index contributed by atoms with van der Waals surface area (Å²) in [5, 5.41) is 27.5. The largest absolute Gasteiger partial charge is 0.506 e. The fourth-order valence-corrected chi connectivity index (χ4v) is 4.10. The van der Waals surface area contributed by atoms with Crippen LogP contribution in [0, 0.1) is 5.95 Å². The maximum Gasteiger partial charge on any atom is 0.233 e. The van der Waals surface area contributed by atoms with Crippen molar-refractivity contribution < 1.29 is 18.6 Å². The summed E-state index contributed by atoms with van der Waals surface area (Å²) in [6, 6.07) is 4.50. The summed E-state index contributed by atoms with van der Waals surface area (Å²) in [7, 11) is 0. The van der Waals surface area contributed by atoms with Crippen molar-refractivity contribution in [3.63, 3.8) is 0 Å². The van der Waals surface area contributed by atoms with E-state index in [1.54, 1.807) is 26.0 Å². The molecule has 1 fully saturated rings. The van der Waals surface area contributed by atoms with Crippen LogP contribution in [-0.4, -0.2) is 53.8 Å². The molecule has 1 aliphatic rings. The molecule has 0 aromatic carbocycles. The van der Waals surface area contributed by atoms with Crippen LogP contribution in [0.5, 0.6) is 11.6 Å². The van der Waals surface area contributed by atoms with Crippen LogP contribution in [0.4, 0.5) is 8.78 Å². The number of rotatable bonds is 4. The number of ether oxygens (including phenoxy) is 1. The quantitative estimate of drug-likeness (QED) is 0.536. The Bertz CT molecular complexity index is 1090. The third kappa shape index (κ3) is 4.66. The molecule has 172 valence electrons. The number of nitrogens with zero attached hydrogens (tertiary/aromatic N) is 4. The highest BCUT2D eigenvalue weighted by Crippen LogP contribution is 2.34. The number of aromatic hydroxyl groups is 1. The number of piperidine rings is 1. The second kappa shape index (κ2) is 8.59. The second-order valence-electron chi connectivity index (χ2n) is 8.94. The summed E-state index contributed by atoms with van der Waals surface area (Å²) in [6.07, 6.45) is 1.27. The predicted octanol–water partition coefficient (Wildman–Crippen LogP) is 3.83. The summed E-state index contributed by atoms with van der Waals surface area (Å²) < 4.78 is 34.4. The Balaban J connectivity index is 0.00000289. The predicted molar refractivity (Wildman–Crippen MR) is 117 cm³/mol. The van der Waals surface area contributed by atoms with Gasteiger partial charge < -0.3 is 15.2 Å². The van der Waals surface area contributed by atoms with Gasteiger partial charge in [0.2, 0.25) is 11.8 Å². The van der Waals surface area contributed by atoms with Crippen LogP contribution in [0.2, 0.25) is 0 Å². The van der Waals surface area contributed by atoms with Gasteiger partial charge in [-0.15, -0.1) is 22.6 Å². The maximum absolute atomic E-state index is 14.9. The highest BCUT2D eigenvalue weighted by Gasteiger charge is 2.47. The number of aromatic amines is 1. The number of hydrogen-bond acceptors (Lipinski definition) is 7. The Morgan fingerprint density at radius 3 is 2.50 bits per heavy atom. The van der Waals surface area contributed by atoms with Crippen molar-refractivity contribution in [3.05, 3.63) is 36.5 Å². The summed E-state index contributed by atoms with van der Waals surface area (Å²) >= 11 is 0. The van der Waals surface area contributed by atoms with E-state index in [1.165, 1.54) is 18.5 Å². The molecule has 32 heavy (non-hydrogen) atoms. The topological polar surface area (TPSA) is 109 Å². The summed E-state index contributed by atoms with van der Waals surface area (Å²) in [5.74, 6) is -0.626. The van der Waals surface area contributed by atoms with Gasteiger partial charge in [-0.1, -0.05) is 0 Å². The van der Waals surface area contributed by atoms with E-state index in [9.17, 15) is 13.9 Å². The van der Waals surface area contributed by atoms with E-state index in [2.05, 4.69) is 30.7 Å². The number of aromatic nitrogens is 5. The highest BCUT2D eigenvalue weighted by atomic mass is 35.5. The molecule has 0 aliphatic carbocycles. The Morgan fingerprint density at radius 1 is 1.16 bits per heavy atom. The molecular weight excluding hydrogens is 442 g/mol. The Labute approximate surface area is 190 Å². The monoisotopic (exact) mass is 466 g/mol. The zero-order valence-electron chi connectivity index (χ0n) is 18.1. The first-order chi connectivity index (χ1) is 14.6. The molecule has 2 atom stereocenters. The fraction of sp³-hybridized carbons (Fsp3) is 0.429. The van der Waals surface area contributed by atoms with Crippen molar-refractivity contribution in [1.29, 1.82) is 0 Å². The Kier molecular flexibility index (Phi) is 6.39. The molecule has 3 N–H and O–H groups in total. The van der Waals surface area contributed by atoms with Gasteiger partial charge in [-0.05, 0) is 39.8 Å². The average molecular weight is 467 g/mol. The van der Waals surface area contributed by atoms with Gasteiger partial charge in [0, 0.05) is 35.3 Å². The van der Waals surface area contributed by atoms with Crippen molar-refractivity contribution in [2.45, 2.75) is 57.5 Å². The smallest absolute Gasteiger partial charge is 0.233 e. The standard InChI is InChI=1S/C21H24F2N6O2.ClH/c1-20(2)8-15(18(22)21(3,4)29-20)31-16-6-5-13(26-27-16)17-14(30)7-11(9-24-17)12-10-25-28-19(12)23;/h5-7,9-10,15,18,29-30H,8H2,1-4H3,(H,25,28);1H/t15-,18-;/m1./s1. The summed E-state index contributed by atoms with van der Waals surface area (Å²) in [4.78, 5) is 4.17. The van der Waals surface area contributed by atoms with Gasteiger partial charge >= 0.3 is 0 Å². The Morgan fingerprint density at radius 2 is 1.91 bits per heavy atom. The molecule has 4 heterocycles. The number of nitrogens with one attached hydrogen (secondary N) is 2. The second-order valence-corrected chi connectivity index (χ2v) is 8.94. The normalized spacial score (nSPS) is 21.6. The van der Waals surface area contributed by atoms with Gasteiger partial charge in [0.15, 0.2) is 6.17 Å². The van der Waals surface area contributed by atoms with E-state index >= 15 is 0 Å². The lowest BCUT2D eigenvalue weighted by Crippen LogP contribution is -2.66. The number of halogens is 3. The summed E-state index contributed by atoms with van der Waals surface area (Å²) in [5.41, 5.74) is -0.00350. The van der Waals surface area contributed by atoms with E-state index in [-0.39, 0.29) is 40.8 Å². The SMILES string of the molecule is CC1(C)C[C@@H](Oc2ccc(-c3ncc(-c4cn[nH]c4F)cc3O)nn2)[C@@H](F)C(C)(C)N1.Cl. The lowest BCUT2D eigenvalue weighted by atomic mass is 9.79. The van der Waals surface area contributed by atoms with Crippen LogP contribution < -0.4 is 10.1 Å². The zero-order valence-corrected chi connectivity index (χ0v) is 18.9. The minimum absolute atomic E-state index is 0. The van der Waals surface area contributed by atoms with Crippen molar-refractivity contribution >= 4 is 12.4 Å². The van der Waals surface area contributed by atoms with Crippen LogP contribution in [0.15, 0.2) is 30.6 Å². The average Bonchev–Trinajstić information content (AvgIpc) is 3.11. The minimum Gasteiger partial charge on any atom is -0.506 e. The molecule has 0 radical (unpaired) electrons. The Hall–Kier alpha value is -2.85. The zero-order chi connectivity index (χ0) is 22.4. The first-order valence-electron chi connectivity index (χ1n) is 9.88. The molecule has 0 amide bonds. The number of hydrogen-bond donors (Lipinski definition) is 3. The molecule has 3 aromatic rings. The van der Waals surface area contributed by atoms with Gasteiger partial charge in [-0.3, -0.25) is 5.10 Å². The van der Waals surface area contributed by atoms with E-state index < -0.39 is 23.8 Å². The molecular formula is C21H25ClF2N6O2. The minimum atomic E-state index is -1.23. The molecule has 8 nitrogen and oxygen atoms in total. The van der Waals surface area contributed by atoms with E-state index in [4.69, 9.17) is 4.74 Å². The molecule has 11 heteroatoms. The van der Waals surface area contributed by atoms with Gasteiger partial charge in [0.05, 0.1) is 11.8 Å². The van der Waals surface area contributed by atoms with Crippen molar-refractivity contribution in [2.75, 3.05) is 0 Å². The van der Waals surface area contributed by atoms with Crippen LogP contribution in [-0.2, 0) is 0 Å². The van der Waals surface area contributed by atoms with Crippen LogP contribution in [0.1, 0.15) is 34.1 Å². The van der Waals surface area contributed by atoms with E-state index in [1.807, 2.05) is 13.8 Å². The van der Waals surface area contributed by atoms with Gasteiger partial charge in [-0.2, -0.15) is 9.49 Å². The van der Waals surface area contributed by atoms with E-state index in [0.29, 0.717) is 17.7 Å². The number of pyridine rings is 1. The van der Waals surface area contributed by atoms with Gasteiger partial charge in [0.1, 0.15) is 23.2 Å². The van der Waals surface area contributed by atoms with Gasteiger partial charge in [0.25, 0.3) is 0 Å². The lowest BCUT2D eigenvalue weighted by molar-refractivity contribution is -0.0281. The maximum atomic E-state index is 14.9. The summed E-state index contributed by atoms with van der Waals surface area (Å²) in [6.45, 7) is 7.60. The number of alkyl halides is 1. The number of H-pyrrole nitrogens is 1. The molecule has 1 aliphatic heterocycles. The van der Waals surface area contributed by atoms with Gasteiger partial charge in [-0.25, -0.2) is 9.37 Å². The van der Waals surface area contributed by atoms with Crippen LogP contribution in [0.3, 0.4) is 0 Å². The molecule has 0 saturated carbocycles. The third-order valence-corrected chi connectivity index (χ3v) is 5.31. The van der Waals surface area contributed by atoms with Crippen molar-refractivity contribution in [2.24, 2.45) is 0 Å². The van der Waals surface area contributed by atoms with Crippen molar-refractivity contribution in [1.82, 2.24) is 30.7 Å². The molecule has 3 aromatic heterocycles. The fourth-order valence-electron chi connectivity index (χ4n) is 4.10. The molecule has 0 spiro atoms. The molecule has 4 rings (SSSR count). The molecule has 1 saturated heterocycles. The van der Waals surface area contributed by atoms with Crippen LogP contribution >= 0.6 is 12.4 Å². The van der Waals surface area contributed by atoms with Crippen LogP contribution in [0.25, 0.3) is 22.5 Å². The van der Waals surface area contributed by atoms with Crippen molar-refractivity contribution in [3.8, 4) is 34.1 Å². The first kappa shape index (κ1) is 23.8. The molecule has 0 unspecified atom stereocenters. The third-order valence-electron chi connectivity index (χ3n) is 5.31. The first-order valence-corrected chi connectivity index (χ1v) is 9.88. The molecule has 0 bridgehead atoms.